The Bertz CT molecular complexity index is 244. The molecule has 3 atom stereocenters. The van der Waals surface area contributed by atoms with E-state index in [2.05, 4.69) is 6.92 Å². The number of amides is 1. The molecule has 1 aliphatic heterocycles. The molecule has 2 rings (SSSR count). The lowest BCUT2D eigenvalue weighted by molar-refractivity contribution is -0.135. The van der Waals surface area contributed by atoms with Gasteiger partial charge in [0.25, 0.3) is 0 Å². The summed E-state index contributed by atoms with van der Waals surface area (Å²) in [5.41, 5.74) is 0. The number of carbonyl (C=O) groups excluding carboxylic acids is 1. The van der Waals surface area contributed by atoms with Crippen LogP contribution in [0.4, 0.5) is 0 Å². The van der Waals surface area contributed by atoms with Crippen molar-refractivity contribution in [3.05, 3.63) is 0 Å². The third kappa shape index (κ3) is 2.30. The van der Waals surface area contributed by atoms with Crippen molar-refractivity contribution in [2.75, 3.05) is 19.0 Å². The van der Waals surface area contributed by atoms with Gasteiger partial charge < -0.3 is 4.90 Å². The summed E-state index contributed by atoms with van der Waals surface area (Å²) in [6.45, 7) is 4.04. The highest BCUT2D eigenvalue weighted by molar-refractivity contribution is 6.18. The highest BCUT2D eigenvalue weighted by Gasteiger charge is 2.35. The molecule has 1 aliphatic carbocycles. The van der Waals surface area contributed by atoms with Gasteiger partial charge in [0.1, 0.15) is 0 Å². The second-order valence-electron chi connectivity index (χ2n) is 5.11. The topological polar surface area (TPSA) is 20.3 Å². The van der Waals surface area contributed by atoms with Crippen LogP contribution < -0.4 is 0 Å². The van der Waals surface area contributed by atoms with Crippen LogP contribution in [0.2, 0.25) is 0 Å². The molecular weight excluding hydrogens is 210 g/mol. The number of nitrogens with zero attached hydrogens (tertiary/aromatic N) is 1. The van der Waals surface area contributed by atoms with E-state index >= 15 is 0 Å². The van der Waals surface area contributed by atoms with Crippen molar-refractivity contribution in [3.8, 4) is 0 Å². The highest BCUT2D eigenvalue weighted by atomic mass is 35.5. The van der Waals surface area contributed by atoms with Crippen LogP contribution in [-0.4, -0.2) is 29.8 Å². The van der Waals surface area contributed by atoms with E-state index in [1.54, 1.807) is 0 Å². The van der Waals surface area contributed by atoms with Gasteiger partial charge in [-0.1, -0.05) is 13.3 Å². The quantitative estimate of drug-likeness (QED) is 0.667. The minimum absolute atomic E-state index is 0.305. The average Bonchev–Trinajstić information content (AvgIpc) is 2.84. The Balaban J connectivity index is 1.91. The SMILES string of the molecule is CC1CCCC1C(=O)N1CCC(CCl)C1. The number of halogens is 1. The molecule has 1 saturated carbocycles. The van der Waals surface area contributed by atoms with E-state index in [4.69, 9.17) is 11.6 Å². The first-order valence-electron chi connectivity index (χ1n) is 6.07. The first-order valence-corrected chi connectivity index (χ1v) is 6.60. The van der Waals surface area contributed by atoms with Crippen LogP contribution in [0.5, 0.6) is 0 Å². The smallest absolute Gasteiger partial charge is 0.225 e. The van der Waals surface area contributed by atoms with Crippen molar-refractivity contribution >= 4 is 17.5 Å². The molecule has 3 heteroatoms. The number of likely N-dealkylation sites (tertiary alicyclic amines) is 1. The van der Waals surface area contributed by atoms with Crippen LogP contribution in [0, 0.1) is 17.8 Å². The number of alkyl halides is 1. The molecule has 0 spiro atoms. The van der Waals surface area contributed by atoms with Gasteiger partial charge in [-0.15, -0.1) is 11.6 Å². The van der Waals surface area contributed by atoms with Crippen LogP contribution in [0.3, 0.4) is 0 Å². The number of hydrogen-bond donors (Lipinski definition) is 0. The molecule has 3 unspecified atom stereocenters. The van der Waals surface area contributed by atoms with Gasteiger partial charge in [-0.3, -0.25) is 4.79 Å². The van der Waals surface area contributed by atoms with Crippen molar-refractivity contribution < 1.29 is 4.79 Å². The van der Waals surface area contributed by atoms with Gasteiger partial charge in [0, 0.05) is 24.9 Å². The molecule has 15 heavy (non-hydrogen) atoms. The lowest BCUT2D eigenvalue weighted by Gasteiger charge is -2.23. The zero-order valence-electron chi connectivity index (χ0n) is 9.42. The number of rotatable bonds is 2. The fraction of sp³-hybridized carbons (Fsp3) is 0.917. The standard InChI is InChI=1S/C12H20ClNO/c1-9-3-2-4-11(9)12(15)14-6-5-10(7-13)8-14/h9-11H,2-8H2,1H3. The molecule has 1 heterocycles. The second-order valence-corrected chi connectivity index (χ2v) is 5.42. The Labute approximate surface area is 97.0 Å². The first kappa shape index (κ1) is 11.3. The first-order chi connectivity index (χ1) is 7.22. The summed E-state index contributed by atoms with van der Waals surface area (Å²) in [7, 11) is 0. The van der Waals surface area contributed by atoms with Gasteiger partial charge in [-0.2, -0.15) is 0 Å². The van der Waals surface area contributed by atoms with Crippen LogP contribution in [-0.2, 0) is 4.79 Å². The van der Waals surface area contributed by atoms with Gasteiger partial charge in [0.05, 0.1) is 0 Å². The summed E-state index contributed by atoms with van der Waals surface area (Å²) in [6.07, 6.45) is 4.64. The summed E-state index contributed by atoms with van der Waals surface area (Å²) < 4.78 is 0. The third-order valence-electron chi connectivity index (χ3n) is 3.99. The molecule has 0 aromatic carbocycles. The zero-order chi connectivity index (χ0) is 10.8. The van der Waals surface area contributed by atoms with Gasteiger partial charge in [0.2, 0.25) is 5.91 Å². The Morgan fingerprint density at radius 1 is 1.40 bits per heavy atom. The van der Waals surface area contributed by atoms with E-state index in [0.717, 1.165) is 25.9 Å². The van der Waals surface area contributed by atoms with Crippen LogP contribution >= 0.6 is 11.6 Å². The fourth-order valence-electron chi connectivity index (χ4n) is 2.91. The Morgan fingerprint density at radius 3 is 2.73 bits per heavy atom. The Kier molecular flexibility index (Phi) is 3.55. The third-order valence-corrected chi connectivity index (χ3v) is 4.43. The van der Waals surface area contributed by atoms with E-state index in [1.165, 1.54) is 12.8 Å². The highest BCUT2D eigenvalue weighted by Crippen LogP contribution is 2.33. The summed E-state index contributed by atoms with van der Waals surface area (Å²) in [6, 6.07) is 0. The predicted molar refractivity (Wildman–Crippen MR) is 61.9 cm³/mol. The normalized spacial score (nSPS) is 36.1. The van der Waals surface area contributed by atoms with E-state index in [9.17, 15) is 4.79 Å². The lowest BCUT2D eigenvalue weighted by Crippen LogP contribution is -2.35. The molecule has 0 bridgehead atoms. The second kappa shape index (κ2) is 4.73. The molecule has 2 aliphatic rings. The van der Waals surface area contributed by atoms with Crippen molar-refractivity contribution in [1.82, 2.24) is 4.90 Å². The Hall–Kier alpha value is -0.240. The summed E-state index contributed by atoms with van der Waals surface area (Å²) >= 11 is 5.83. The van der Waals surface area contributed by atoms with E-state index in [-0.39, 0.29) is 0 Å². The monoisotopic (exact) mass is 229 g/mol. The molecule has 0 aromatic heterocycles. The largest absolute Gasteiger partial charge is 0.342 e. The van der Waals surface area contributed by atoms with E-state index < -0.39 is 0 Å². The predicted octanol–water partition coefficient (Wildman–Crippen LogP) is 2.51. The fourth-order valence-corrected chi connectivity index (χ4v) is 3.16. The van der Waals surface area contributed by atoms with Crippen LogP contribution in [0.1, 0.15) is 32.6 Å². The van der Waals surface area contributed by atoms with Gasteiger partial charge >= 0.3 is 0 Å². The minimum atomic E-state index is 0.305. The molecule has 1 amide bonds. The maximum atomic E-state index is 12.2. The maximum Gasteiger partial charge on any atom is 0.225 e. The van der Waals surface area contributed by atoms with Crippen molar-refractivity contribution in [3.63, 3.8) is 0 Å². The summed E-state index contributed by atoms with van der Waals surface area (Å²) in [5.74, 6) is 2.52. The minimum Gasteiger partial charge on any atom is -0.342 e. The van der Waals surface area contributed by atoms with Gasteiger partial charge in [0.15, 0.2) is 0 Å². The maximum absolute atomic E-state index is 12.2. The molecular formula is C12H20ClNO. The summed E-state index contributed by atoms with van der Waals surface area (Å²) in [4.78, 5) is 14.2. The Morgan fingerprint density at radius 2 is 2.20 bits per heavy atom. The molecule has 1 saturated heterocycles. The van der Waals surface area contributed by atoms with Crippen LogP contribution in [0.15, 0.2) is 0 Å². The number of hydrogen-bond acceptors (Lipinski definition) is 1. The van der Waals surface area contributed by atoms with Crippen molar-refractivity contribution in [1.29, 1.82) is 0 Å². The van der Waals surface area contributed by atoms with Crippen molar-refractivity contribution in [2.24, 2.45) is 17.8 Å². The van der Waals surface area contributed by atoms with Gasteiger partial charge in [-0.05, 0) is 31.1 Å². The van der Waals surface area contributed by atoms with E-state index in [0.29, 0.717) is 29.5 Å². The molecule has 2 fully saturated rings. The summed E-state index contributed by atoms with van der Waals surface area (Å²) in [5, 5.41) is 0. The van der Waals surface area contributed by atoms with Gasteiger partial charge in [-0.25, -0.2) is 0 Å². The molecule has 86 valence electrons. The van der Waals surface area contributed by atoms with E-state index in [1.807, 2.05) is 4.90 Å². The number of carbonyl (C=O) groups is 1. The molecule has 0 radical (unpaired) electrons. The molecule has 0 aromatic rings. The average molecular weight is 230 g/mol. The van der Waals surface area contributed by atoms with Crippen LogP contribution in [0.25, 0.3) is 0 Å². The molecule has 2 nitrogen and oxygen atoms in total. The molecule has 0 N–H and O–H groups in total. The van der Waals surface area contributed by atoms with Crippen molar-refractivity contribution in [2.45, 2.75) is 32.6 Å². The zero-order valence-corrected chi connectivity index (χ0v) is 10.2. The lowest BCUT2D eigenvalue weighted by atomic mass is 9.97.